The Morgan fingerprint density at radius 3 is 2.31 bits per heavy atom. The zero-order valence-electron chi connectivity index (χ0n) is 9.16. The predicted molar refractivity (Wildman–Crippen MR) is 55.7 cm³/mol. The molecule has 2 heteroatoms. The Bertz CT molecular complexity index is 139. The van der Waals surface area contributed by atoms with Gasteiger partial charge < -0.3 is 5.11 Å². The van der Waals surface area contributed by atoms with Crippen molar-refractivity contribution in [1.29, 1.82) is 0 Å². The number of hydrogen-bond donors (Lipinski definition) is 1. The summed E-state index contributed by atoms with van der Waals surface area (Å²) in [6.07, 6.45) is 4.01. The fourth-order valence-electron chi connectivity index (χ4n) is 2.25. The average molecular weight is 185 g/mol. The molecule has 1 aliphatic rings. The van der Waals surface area contributed by atoms with Gasteiger partial charge in [0.1, 0.15) is 0 Å². The van der Waals surface area contributed by atoms with E-state index in [9.17, 15) is 0 Å². The van der Waals surface area contributed by atoms with E-state index in [1.165, 1.54) is 19.3 Å². The summed E-state index contributed by atoms with van der Waals surface area (Å²) in [5, 5.41) is 9.01. The van der Waals surface area contributed by atoms with Crippen LogP contribution >= 0.6 is 0 Å². The summed E-state index contributed by atoms with van der Waals surface area (Å²) in [4.78, 5) is 2.55. The number of hydrogen-bond acceptors (Lipinski definition) is 2. The number of likely N-dealkylation sites (tertiary alicyclic amines) is 1. The first kappa shape index (κ1) is 11.0. The first-order valence-electron chi connectivity index (χ1n) is 5.51. The van der Waals surface area contributed by atoms with Gasteiger partial charge in [-0.1, -0.05) is 13.3 Å². The topological polar surface area (TPSA) is 23.5 Å². The van der Waals surface area contributed by atoms with E-state index in [2.05, 4.69) is 25.7 Å². The highest BCUT2D eigenvalue weighted by Crippen LogP contribution is 2.23. The van der Waals surface area contributed by atoms with Crippen molar-refractivity contribution in [3.05, 3.63) is 0 Å². The zero-order valence-corrected chi connectivity index (χ0v) is 9.16. The highest BCUT2D eigenvalue weighted by Gasteiger charge is 2.25. The molecule has 2 nitrogen and oxygen atoms in total. The van der Waals surface area contributed by atoms with Crippen molar-refractivity contribution >= 4 is 0 Å². The molecule has 0 saturated carbocycles. The van der Waals surface area contributed by atoms with Gasteiger partial charge in [0, 0.05) is 25.2 Å². The highest BCUT2D eigenvalue weighted by atomic mass is 16.3. The van der Waals surface area contributed by atoms with Gasteiger partial charge in [-0.15, -0.1) is 0 Å². The molecule has 0 aromatic heterocycles. The van der Waals surface area contributed by atoms with E-state index < -0.39 is 0 Å². The normalized spacial score (nSPS) is 33.2. The Kier molecular flexibility index (Phi) is 4.20. The predicted octanol–water partition coefficient (Wildman–Crippen LogP) is 1.88. The molecular formula is C11H23NO. The third-order valence-corrected chi connectivity index (χ3v) is 3.21. The van der Waals surface area contributed by atoms with Gasteiger partial charge in [0.2, 0.25) is 0 Å². The highest BCUT2D eigenvalue weighted by molar-refractivity contribution is 4.80. The van der Waals surface area contributed by atoms with E-state index >= 15 is 0 Å². The van der Waals surface area contributed by atoms with Crippen molar-refractivity contribution in [3.8, 4) is 0 Å². The molecule has 0 radical (unpaired) electrons. The number of rotatable bonds is 3. The van der Waals surface area contributed by atoms with Crippen LogP contribution in [0.2, 0.25) is 0 Å². The number of aliphatic hydroxyl groups excluding tert-OH is 1. The number of nitrogens with zero attached hydrogens (tertiary/aromatic N) is 1. The number of piperidine rings is 1. The summed E-state index contributed by atoms with van der Waals surface area (Å²) in [5.74, 6) is 0.419. The van der Waals surface area contributed by atoms with Gasteiger partial charge in [-0.25, -0.2) is 0 Å². The molecular weight excluding hydrogens is 162 g/mol. The molecule has 0 amide bonds. The van der Waals surface area contributed by atoms with Crippen LogP contribution in [-0.2, 0) is 0 Å². The summed E-state index contributed by atoms with van der Waals surface area (Å²) in [6.45, 7) is 8.10. The molecule has 1 fully saturated rings. The maximum atomic E-state index is 9.01. The largest absolute Gasteiger partial charge is 0.396 e. The van der Waals surface area contributed by atoms with Crippen molar-refractivity contribution in [2.75, 3.05) is 13.2 Å². The minimum atomic E-state index is 0.315. The van der Waals surface area contributed by atoms with E-state index in [1.54, 1.807) is 0 Å². The Hall–Kier alpha value is -0.0800. The van der Waals surface area contributed by atoms with Gasteiger partial charge >= 0.3 is 0 Å². The molecule has 1 heterocycles. The van der Waals surface area contributed by atoms with E-state index in [0.29, 0.717) is 24.6 Å². The van der Waals surface area contributed by atoms with Crippen LogP contribution in [-0.4, -0.2) is 35.2 Å². The Morgan fingerprint density at radius 1 is 1.31 bits per heavy atom. The lowest BCUT2D eigenvalue weighted by atomic mass is 9.96. The molecule has 1 N–H and O–H groups in total. The second kappa shape index (κ2) is 4.97. The van der Waals surface area contributed by atoms with Crippen molar-refractivity contribution in [2.45, 2.75) is 52.1 Å². The van der Waals surface area contributed by atoms with Crippen LogP contribution in [0.25, 0.3) is 0 Å². The van der Waals surface area contributed by atoms with Crippen LogP contribution in [0.15, 0.2) is 0 Å². The molecule has 1 aliphatic heterocycles. The molecule has 0 aromatic carbocycles. The summed E-state index contributed by atoms with van der Waals surface area (Å²) in [5.41, 5.74) is 0. The Morgan fingerprint density at radius 2 is 1.85 bits per heavy atom. The minimum Gasteiger partial charge on any atom is -0.396 e. The van der Waals surface area contributed by atoms with E-state index in [0.717, 1.165) is 6.54 Å². The standard InChI is InChI=1S/C11H23NO/c1-9(8-13)7-12-10(2)5-4-6-11(12)3/h9-11,13H,4-8H2,1-3H3. The molecule has 1 rings (SSSR count). The first-order valence-corrected chi connectivity index (χ1v) is 5.51. The van der Waals surface area contributed by atoms with Crippen LogP contribution in [0.1, 0.15) is 40.0 Å². The first-order chi connectivity index (χ1) is 6.15. The lowest BCUT2D eigenvalue weighted by molar-refractivity contribution is 0.0725. The van der Waals surface area contributed by atoms with E-state index in [1.807, 2.05) is 0 Å². The molecule has 78 valence electrons. The third-order valence-electron chi connectivity index (χ3n) is 3.21. The monoisotopic (exact) mass is 185 g/mol. The Balaban J connectivity index is 2.43. The second-order valence-corrected chi connectivity index (χ2v) is 4.61. The molecule has 3 atom stereocenters. The maximum absolute atomic E-state index is 9.01. The SMILES string of the molecule is CC(CO)CN1C(C)CCCC1C. The summed E-state index contributed by atoms with van der Waals surface area (Å²) in [7, 11) is 0. The molecule has 0 aliphatic carbocycles. The van der Waals surface area contributed by atoms with Crippen molar-refractivity contribution < 1.29 is 5.11 Å². The lowest BCUT2D eigenvalue weighted by Crippen LogP contribution is -2.46. The Labute approximate surface area is 81.9 Å². The van der Waals surface area contributed by atoms with Crippen molar-refractivity contribution in [2.24, 2.45) is 5.92 Å². The summed E-state index contributed by atoms with van der Waals surface area (Å²) >= 11 is 0. The number of aliphatic hydroxyl groups is 1. The van der Waals surface area contributed by atoms with Crippen LogP contribution in [0.3, 0.4) is 0 Å². The second-order valence-electron chi connectivity index (χ2n) is 4.61. The zero-order chi connectivity index (χ0) is 9.84. The fraction of sp³-hybridized carbons (Fsp3) is 1.00. The van der Waals surface area contributed by atoms with Crippen molar-refractivity contribution in [1.82, 2.24) is 4.90 Å². The van der Waals surface area contributed by atoms with Gasteiger partial charge in [-0.2, -0.15) is 0 Å². The summed E-state index contributed by atoms with van der Waals surface area (Å²) < 4.78 is 0. The van der Waals surface area contributed by atoms with E-state index in [4.69, 9.17) is 5.11 Å². The van der Waals surface area contributed by atoms with Crippen LogP contribution in [0, 0.1) is 5.92 Å². The van der Waals surface area contributed by atoms with Gasteiger partial charge in [-0.3, -0.25) is 4.90 Å². The minimum absolute atomic E-state index is 0.315. The quantitative estimate of drug-likeness (QED) is 0.725. The van der Waals surface area contributed by atoms with Gasteiger partial charge in [0.05, 0.1) is 0 Å². The molecule has 0 bridgehead atoms. The van der Waals surface area contributed by atoms with E-state index in [-0.39, 0.29) is 0 Å². The van der Waals surface area contributed by atoms with Gasteiger partial charge in [0.15, 0.2) is 0 Å². The molecule has 3 unspecified atom stereocenters. The maximum Gasteiger partial charge on any atom is 0.0468 e. The van der Waals surface area contributed by atoms with Crippen LogP contribution in [0.5, 0.6) is 0 Å². The van der Waals surface area contributed by atoms with Gasteiger partial charge in [0.25, 0.3) is 0 Å². The van der Waals surface area contributed by atoms with Crippen molar-refractivity contribution in [3.63, 3.8) is 0 Å². The molecule has 0 spiro atoms. The van der Waals surface area contributed by atoms with Crippen LogP contribution in [0.4, 0.5) is 0 Å². The molecule has 1 saturated heterocycles. The summed E-state index contributed by atoms with van der Waals surface area (Å²) in [6, 6.07) is 1.41. The smallest absolute Gasteiger partial charge is 0.0468 e. The third kappa shape index (κ3) is 2.96. The average Bonchev–Trinajstić information content (AvgIpc) is 2.11. The molecule has 0 aromatic rings. The van der Waals surface area contributed by atoms with Crippen LogP contribution < -0.4 is 0 Å². The van der Waals surface area contributed by atoms with Gasteiger partial charge in [-0.05, 0) is 32.6 Å². The molecule has 13 heavy (non-hydrogen) atoms. The fourth-order valence-corrected chi connectivity index (χ4v) is 2.25. The lowest BCUT2D eigenvalue weighted by Gasteiger charge is -2.40.